The number of thioether (sulfide) groups is 1. The lowest BCUT2D eigenvalue weighted by atomic mass is 10.2. The van der Waals surface area contributed by atoms with Crippen LogP contribution in [-0.2, 0) is 20.9 Å². The van der Waals surface area contributed by atoms with E-state index in [4.69, 9.17) is 9.15 Å². The van der Waals surface area contributed by atoms with Crippen molar-refractivity contribution in [1.82, 2.24) is 4.90 Å². The molecule has 140 valence electrons. The number of carbonyl (C=O) groups excluding carboxylic acids is 2. The van der Waals surface area contributed by atoms with Crippen molar-refractivity contribution >= 4 is 34.9 Å². The highest BCUT2D eigenvalue weighted by atomic mass is 32.2. The monoisotopic (exact) mass is 388 g/mol. The van der Waals surface area contributed by atoms with E-state index in [1.165, 1.54) is 29.4 Å². The minimum absolute atomic E-state index is 0.0215. The number of aliphatic imine (C=N–C) groups is 1. The molecule has 0 radical (unpaired) electrons. The van der Waals surface area contributed by atoms with E-state index in [9.17, 15) is 14.0 Å². The smallest absolute Gasteiger partial charge is 0.316 e. The number of furan rings is 1. The summed E-state index contributed by atoms with van der Waals surface area (Å²) in [7, 11) is 0. The summed E-state index contributed by atoms with van der Waals surface area (Å²) in [4.78, 5) is 30.2. The standard InChI is InChI=1S/C19H17FN2O4S/c1-2-25-17(23)12-27-19-21-16(10-15-7-4-8-26-15)18(24)22(19)11-13-5-3-6-14(20)9-13/h3-10H,2,11-12H2,1H3/b16-10-. The summed E-state index contributed by atoms with van der Waals surface area (Å²) in [6, 6.07) is 9.40. The molecule has 1 amide bonds. The zero-order valence-electron chi connectivity index (χ0n) is 14.6. The Hall–Kier alpha value is -2.87. The van der Waals surface area contributed by atoms with Crippen LogP contribution in [0.15, 0.2) is 57.8 Å². The Morgan fingerprint density at radius 1 is 1.37 bits per heavy atom. The molecule has 0 saturated heterocycles. The van der Waals surface area contributed by atoms with Crippen LogP contribution in [0.2, 0.25) is 0 Å². The first-order valence-corrected chi connectivity index (χ1v) is 9.24. The SMILES string of the molecule is CCOC(=O)CSC1=N/C(=C\c2ccco2)C(=O)N1Cc1cccc(F)c1. The van der Waals surface area contributed by atoms with Crippen molar-refractivity contribution in [2.75, 3.05) is 12.4 Å². The lowest BCUT2D eigenvalue weighted by Crippen LogP contribution is -2.30. The molecule has 2 aromatic rings. The van der Waals surface area contributed by atoms with Gasteiger partial charge in [0.15, 0.2) is 5.17 Å². The topological polar surface area (TPSA) is 72.1 Å². The second kappa shape index (κ2) is 8.68. The number of hydrogen-bond acceptors (Lipinski definition) is 6. The number of amidine groups is 1. The first-order valence-electron chi connectivity index (χ1n) is 8.25. The van der Waals surface area contributed by atoms with Gasteiger partial charge in [0, 0.05) is 6.08 Å². The molecule has 2 heterocycles. The summed E-state index contributed by atoms with van der Waals surface area (Å²) < 4.78 is 23.6. The van der Waals surface area contributed by atoms with Crippen molar-refractivity contribution in [2.24, 2.45) is 4.99 Å². The summed E-state index contributed by atoms with van der Waals surface area (Å²) in [6.07, 6.45) is 3.02. The third-order valence-corrected chi connectivity index (χ3v) is 4.54. The Morgan fingerprint density at radius 2 is 2.22 bits per heavy atom. The number of carbonyl (C=O) groups is 2. The predicted octanol–water partition coefficient (Wildman–Crippen LogP) is 3.45. The van der Waals surface area contributed by atoms with E-state index >= 15 is 0 Å². The minimum atomic E-state index is -0.396. The average Bonchev–Trinajstić information content (AvgIpc) is 3.24. The number of hydrogen-bond donors (Lipinski definition) is 0. The average molecular weight is 388 g/mol. The molecule has 0 unspecified atom stereocenters. The first kappa shape index (κ1) is 18.9. The second-order valence-corrected chi connectivity index (χ2v) is 6.50. The van der Waals surface area contributed by atoms with E-state index in [2.05, 4.69) is 4.99 Å². The molecular weight excluding hydrogens is 371 g/mol. The van der Waals surface area contributed by atoms with Crippen molar-refractivity contribution in [2.45, 2.75) is 13.5 Å². The van der Waals surface area contributed by atoms with Gasteiger partial charge in [-0.05, 0) is 36.8 Å². The molecular formula is C19H17FN2O4S. The largest absolute Gasteiger partial charge is 0.465 e. The molecule has 0 N–H and O–H groups in total. The summed E-state index contributed by atoms with van der Waals surface area (Å²) in [5.41, 5.74) is 0.805. The molecule has 1 aromatic carbocycles. The van der Waals surface area contributed by atoms with Crippen LogP contribution < -0.4 is 0 Å². The molecule has 0 bridgehead atoms. The number of benzene rings is 1. The van der Waals surface area contributed by atoms with Gasteiger partial charge in [-0.3, -0.25) is 14.5 Å². The summed E-state index contributed by atoms with van der Waals surface area (Å²) in [5, 5.41) is 0.357. The van der Waals surface area contributed by atoms with Gasteiger partial charge >= 0.3 is 5.97 Å². The third kappa shape index (κ3) is 4.85. The fourth-order valence-corrected chi connectivity index (χ4v) is 3.23. The molecule has 1 aromatic heterocycles. The molecule has 0 atom stereocenters. The van der Waals surface area contributed by atoms with E-state index in [0.717, 1.165) is 11.8 Å². The van der Waals surface area contributed by atoms with Crippen molar-refractivity contribution in [1.29, 1.82) is 0 Å². The maximum absolute atomic E-state index is 13.5. The first-order chi connectivity index (χ1) is 13.1. The fourth-order valence-electron chi connectivity index (χ4n) is 2.43. The Kier molecular flexibility index (Phi) is 6.08. The Balaban J connectivity index is 1.83. The van der Waals surface area contributed by atoms with Crippen molar-refractivity contribution in [3.63, 3.8) is 0 Å². The predicted molar refractivity (Wildman–Crippen MR) is 100 cm³/mol. The number of rotatable bonds is 6. The number of esters is 1. The highest BCUT2D eigenvalue weighted by molar-refractivity contribution is 8.14. The molecule has 3 rings (SSSR count). The van der Waals surface area contributed by atoms with Gasteiger partial charge in [0.25, 0.3) is 5.91 Å². The molecule has 1 aliphatic rings. The van der Waals surface area contributed by atoms with Gasteiger partial charge in [-0.25, -0.2) is 9.38 Å². The lowest BCUT2D eigenvalue weighted by molar-refractivity contribution is -0.139. The zero-order valence-corrected chi connectivity index (χ0v) is 15.4. The molecule has 1 aliphatic heterocycles. The Morgan fingerprint density at radius 3 is 2.93 bits per heavy atom. The van der Waals surface area contributed by atoms with Crippen molar-refractivity contribution < 1.29 is 23.1 Å². The van der Waals surface area contributed by atoms with Crippen LogP contribution in [0.5, 0.6) is 0 Å². The van der Waals surface area contributed by atoms with Crippen LogP contribution in [-0.4, -0.2) is 34.3 Å². The van der Waals surface area contributed by atoms with E-state index in [0.29, 0.717) is 16.5 Å². The van der Waals surface area contributed by atoms with E-state index in [1.54, 1.807) is 31.2 Å². The lowest BCUT2D eigenvalue weighted by Gasteiger charge is -2.17. The normalized spacial score (nSPS) is 15.3. The van der Waals surface area contributed by atoms with Crippen LogP contribution in [0.25, 0.3) is 6.08 Å². The fraction of sp³-hybridized carbons (Fsp3) is 0.211. The van der Waals surface area contributed by atoms with Crippen LogP contribution in [0, 0.1) is 5.82 Å². The van der Waals surface area contributed by atoms with Gasteiger partial charge in [0.05, 0.1) is 25.2 Å². The summed E-state index contributed by atoms with van der Waals surface area (Å²) in [6.45, 7) is 2.14. The van der Waals surface area contributed by atoms with Crippen molar-refractivity contribution in [3.8, 4) is 0 Å². The molecule has 0 aliphatic carbocycles. The van der Waals surface area contributed by atoms with Gasteiger partial charge in [0.1, 0.15) is 17.3 Å². The maximum atomic E-state index is 13.5. The number of amides is 1. The van der Waals surface area contributed by atoms with E-state index in [-0.39, 0.29) is 36.3 Å². The van der Waals surface area contributed by atoms with Gasteiger partial charge < -0.3 is 9.15 Å². The summed E-state index contributed by atoms with van der Waals surface area (Å²) >= 11 is 1.10. The van der Waals surface area contributed by atoms with Gasteiger partial charge in [0.2, 0.25) is 0 Å². The van der Waals surface area contributed by atoms with Gasteiger partial charge in [-0.15, -0.1) is 0 Å². The van der Waals surface area contributed by atoms with Crippen molar-refractivity contribution in [3.05, 3.63) is 65.5 Å². The third-order valence-electron chi connectivity index (χ3n) is 3.59. The summed E-state index contributed by atoms with van der Waals surface area (Å²) in [5.74, 6) is -0.616. The van der Waals surface area contributed by atoms with E-state index < -0.39 is 5.97 Å². The van der Waals surface area contributed by atoms with Crippen LogP contribution >= 0.6 is 11.8 Å². The molecule has 8 heteroatoms. The van der Waals surface area contributed by atoms with E-state index in [1.807, 2.05) is 0 Å². The van der Waals surface area contributed by atoms with Crippen LogP contribution in [0.4, 0.5) is 4.39 Å². The number of halogens is 1. The molecule has 0 fully saturated rings. The Bertz CT molecular complexity index is 893. The van der Waals surface area contributed by atoms with Crippen LogP contribution in [0.3, 0.4) is 0 Å². The molecule has 27 heavy (non-hydrogen) atoms. The number of ether oxygens (including phenoxy) is 1. The van der Waals surface area contributed by atoms with Gasteiger partial charge in [-0.1, -0.05) is 23.9 Å². The van der Waals surface area contributed by atoms with Gasteiger partial charge in [-0.2, -0.15) is 0 Å². The minimum Gasteiger partial charge on any atom is -0.465 e. The highest BCUT2D eigenvalue weighted by Gasteiger charge is 2.31. The maximum Gasteiger partial charge on any atom is 0.316 e. The number of nitrogens with zero attached hydrogens (tertiary/aromatic N) is 2. The zero-order chi connectivity index (χ0) is 19.2. The molecule has 0 saturated carbocycles. The Labute approximate surface area is 159 Å². The van der Waals surface area contributed by atoms with Crippen LogP contribution in [0.1, 0.15) is 18.2 Å². The molecule has 0 spiro atoms. The quantitative estimate of drug-likeness (QED) is 0.560. The molecule has 6 nitrogen and oxygen atoms in total. The second-order valence-electron chi connectivity index (χ2n) is 5.55. The highest BCUT2D eigenvalue weighted by Crippen LogP contribution is 2.26.